The van der Waals surface area contributed by atoms with Crippen LogP contribution in [0.1, 0.15) is 32.1 Å². The molecule has 1 saturated heterocycles. The van der Waals surface area contributed by atoms with E-state index in [-0.39, 0.29) is 0 Å². The minimum atomic E-state index is 0.788. The highest BCUT2D eigenvalue weighted by molar-refractivity contribution is 7.80. The van der Waals surface area contributed by atoms with Crippen molar-refractivity contribution in [2.75, 3.05) is 36.4 Å². The van der Waals surface area contributed by atoms with E-state index in [1.54, 1.807) is 0 Å². The van der Waals surface area contributed by atoms with Gasteiger partial charge in [0.2, 0.25) is 0 Å². The number of rotatable bonds is 7. The second kappa shape index (κ2) is 13.0. The zero-order valence-corrected chi connectivity index (χ0v) is 20.9. The first-order valence-corrected chi connectivity index (χ1v) is 12.9. The number of nitrogens with one attached hydrogen (secondary N) is 2. The number of benzene rings is 2. The number of hydrogen-bond acceptors (Lipinski definition) is 5. The van der Waals surface area contributed by atoms with Gasteiger partial charge in [-0.1, -0.05) is 42.8 Å². The van der Waals surface area contributed by atoms with Crippen LogP contribution in [-0.4, -0.2) is 41.3 Å². The number of nitrogens with two attached hydrogens (primary N) is 1. The van der Waals surface area contributed by atoms with Crippen molar-refractivity contribution in [2.45, 2.75) is 32.1 Å². The summed E-state index contributed by atoms with van der Waals surface area (Å²) in [6.45, 7) is 3.69. The summed E-state index contributed by atoms with van der Waals surface area (Å²) < 4.78 is 0. The Kier molecular flexibility index (Phi) is 9.20. The third-order valence-corrected chi connectivity index (χ3v) is 6.43. The molecule has 3 heterocycles. The van der Waals surface area contributed by atoms with Crippen molar-refractivity contribution in [3.8, 4) is 0 Å². The lowest BCUT2D eigenvalue weighted by molar-refractivity contribution is 0.707. The molecule has 0 spiro atoms. The van der Waals surface area contributed by atoms with Gasteiger partial charge in [-0.3, -0.25) is 9.97 Å². The second-order valence-corrected chi connectivity index (χ2v) is 8.99. The molecule has 0 amide bonds. The van der Waals surface area contributed by atoms with E-state index >= 15 is 0 Å². The monoisotopic (exact) mass is 486 g/mol. The van der Waals surface area contributed by atoms with Gasteiger partial charge in [0.25, 0.3) is 0 Å². The number of unbranched alkanes of at least 4 members (excludes halogenated alkanes) is 2. The number of hydrogen-bond donors (Lipinski definition) is 3. The van der Waals surface area contributed by atoms with Crippen LogP contribution in [0.25, 0.3) is 21.8 Å². The highest BCUT2D eigenvalue weighted by Gasteiger charge is 2.17. The average Bonchev–Trinajstić information content (AvgIpc) is 3.13. The fraction of sp³-hybridized carbons (Fsp3) is 0.321. The van der Waals surface area contributed by atoms with E-state index < -0.39 is 0 Å². The molecule has 0 aliphatic carbocycles. The lowest BCUT2D eigenvalue weighted by atomic mass is 10.1. The fourth-order valence-corrected chi connectivity index (χ4v) is 4.53. The Morgan fingerprint density at radius 3 is 2.37 bits per heavy atom. The van der Waals surface area contributed by atoms with Crippen molar-refractivity contribution in [3.05, 3.63) is 73.1 Å². The second-order valence-electron chi connectivity index (χ2n) is 8.60. The summed E-state index contributed by atoms with van der Waals surface area (Å²) in [4.78, 5) is 11.1. The normalized spacial score (nSPS) is 13.6. The molecule has 4 aromatic rings. The smallest absolute Gasteiger partial charge is 0.173 e. The van der Waals surface area contributed by atoms with Crippen LogP contribution in [0.4, 0.5) is 11.4 Å². The van der Waals surface area contributed by atoms with Gasteiger partial charge in [-0.25, -0.2) is 0 Å². The Hall–Kier alpha value is -3.29. The molecular weight excluding hydrogens is 452 g/mol. The molecule has 182 valence electrons. The highest BCUT2D eigenvalue weighted by atomic mass is 32.1. The first kappa shape index (κ1) is 24.8. The topological polar surface area (TPSA) is 79.1 Å². The lowest BCUT2D eigenvalue weighted by Gasteiger charge is -2.24. The summed E-state index contributed by atoms with van der Waals surface area (Å²) >= 11 is 5.45. The van der Waals surface area contributed by atoms with Crippen LogP contribution in [0, 0.1) is 0 Å². The Balaban J connectivity index is 0.000000165. The van der Waals surface area contributed by atoms with E-state index in [2.05, 4.69) is 74.0 Å². The summed E-state index contributed by atoms with van der Waals surface area (Å²) in [5.41, 5.74) is 9.76. The predicted molar refractivity (Wildman–Crippen MR) is 152 cm³/mol. The largest absolute Gasteiger partial charge is 0.383 e. The minimum absolute atomic E-state index is 0.788. The molecule has 0 bridgehead atoms. The zero-order chi connectivity index (χ0) is 24.3. The van der Waals surface area contributed by atoms with Crippen molar-refractivity contribution in [2.24, 2.45) is 5.73 Å². The number of aromatic nitrogens is 2. The van der Waals surface area contributed by atoms with E-state index in [0.717, 1.165) is 84.8 Å². The van der Waals surface area contributed by atoms with Crippen molar-refractivity contribution in [3.63, 3.8) is 0 Å². The summed E-state index contributed by atoms with van der Waals surface area (Å²) in [5.74, 6) is 0. The number of pyridine rings is 2. The van der Waals surface area contributed by atoms with Gasteiger partial charge < -0.3 is 21.3 Å². The number of fused-ring (bicyclic) bond motifs is 2. The van der Waals surface area contributed by atoms with E-state index in [4.69, 9.17) is 18.0 Å². The number of nitrogens with zero attached hydrogens (tertiary/aromatic N) is 3. The van der Waals surface area contributed by atoms with Crippen LogP contribution < -0.4 is 21.3 Å². The fourth-order valence-electron chi connectivity index (χ4n) is 4.24. The molecule has 1 aliphatic heterocycles. The number of para-hydroxylation sites is 2. The zero-order valence-electron chi connectivity index (χ0n) is 20.1. The van der Waals surface area contributed by atoms with E-state index in [1.807, 2.05) is 24.5 Å². The SMILES string of the molecule is NCCCCCNc1cccc2cccnc12.S=C1NCCCCN1c1cccc2cccnc12. The molecule has 7 heteroatoms. The van der Waals surface area contributed by atoms with Crippen LogP contribution in [0.2, 0.25) is 0 Å². The van der Waals surface area contributed by atoms with E-state index in [9.17, 15) is 0 Å². The lowest BCUT2D eigenvalue weighted by Crippen LogP contribution is -2.38. The van der Waals surface area contributed by atoms with Crippen molar-refractivity contribution in [1.29, 1.82) is 0 Å². The molecule has 0 atom stereocenters. The van der Waals surface area contributed by atoms with Gasteiger partial charge in [0.1, 0.15) is 0 Å². The van der Waals surface area contributed by atoms with Gasteiger partial charge in [-0.15, -0.1) is 0 Å². The van der Waals surface area contributed by atoms with Gasteiger partial charge in [-0.05, 0) is 68.7 Å². The molecule has 0 radical (unpaired) electrons. The van der Waals surface area contributed by atoms with Crippen molar-refractivity contribution < 1.29 is 0 Å². The van der Waals surface area contributed by atoms with Crippen LogP contribution in [0.15, 0.2) is 73.1 Å². The molecule has 0 saturated carbocycles. The molecule has 1 fully saturated rings. The summed E-state index contributed by atoms with van der Waals surface area (Å²) in [6, 6.07) is 20.6. The third kappa shape index (κ3) is 6.65. The van der Waals surface area contributed by atoms with Gasteiger partial charge >= 0.3 is 0 Å². The van der Waals surface area contributed by atoms with Gasteiger partial charge in [0.15, 0.2) is 5.11 Å². The molecule has 2 aromatic heterocycles. The van der Waals surface area contributed by atoms with Crippen LogP contribution >= 0.6 is 12.2 Å². The van der Waals surface area contributed by atoms with Crippen LogP contribution in [0.3, 0.4) is 0 Å². The molecule has 4 N–H and O–H groups in total. The Bertz CT molecular complexity index is 1230. The summed E-state index contributed by atoms with van der Waals surface area (Å²) in [5, 5.41) is 9.88. The number of thiocarbonyl (C=S) groups is 1. The molecule has 35 heavy (non-hydrogen) atoms. The van der Waals surface area contributed by atoms with E-state index in [0.29, 0.717) is 0 Å². The molecular formula is C28H34N6S. The molecule has 1 aliphatic rings. The quantitative estimate of drug-likeness (QED) is 0.236. The summed E-state index contributed by atoms with van der Waals surface area (Å²) in [6.07, 6.45) is 9.42. The first-order chi connectivity index (χ1) is 17.3. The Morgan fingerprint density at radius 1 is 0.857 bits per heavy atom. The van der Waals surface area contributed by atoms with Crippen molar-refractivity contribution >= 4 is 50.5 Å². The Morgan fingerprint density at radius 2 is 1.57 bits per heavy atom. The average molecular weight is 487 g/mol. The maximum absolute atomic E-state index is 5.47. The van der Waals surface area contributed by atoms with Gasteiger partial charge in [-0.2, -0.15) is 0 Å². The third-order valence-electron chi connectivity index (χ3n) is 6.06. The molecule has 6 nitrogen and oxygen atoms in total. The first-order valence-electron chi connectivity index (χ1n) is 12.4. The number of anilines is 2. The maximum Gasteiger partial charge on any atom is 0.173 e. The molecule has 5 rings (SSSR count). The molecule has 0 unspecified atom stereocenters. The molecule has 2 aromatic carbocycles. The van der Waals surface area contributed by atoms with Crippen LogP contribution in [0.5, 0.6) is 0 Å². The highest BCUT2D eigenvalue weighted by Crippen LogP contribution is 2.26. The Labute approximate surface area is 212 Å². The summed E-state index contributed by atoms with van der Waals surface area (Å²) in [7, 11) is 0. The van der Waals surface area contributed by atoms with E-state index in [1.165, 1.54) is 11.8 Å². The maximum atomic E-state index is 5.47. The predicted octanol–water partition coefficient (Wildman–Crippen LogP) is 5.49. The minimum Gasteiger partial charge on any atom is -0.383 e. The van der Waals surface area contributed by atoms with Crippen molar-refractivity contribution in [1.82, 2.24) is 15.3 Å². The van der Waals surface area contributed by atoms with Gasteiger partial charge in [0, 0.05) is 42.8 Å². The van der Waals surface area contributed by atoms with Crippen LogP contribution in [-0.2, 0) is 0 Å². The van der Waals surface area contributed by atoms with Gasteiger partial charge in [0.05, 0.1) is 22.4 Å². The standard InChI is InChI=1S/C14H15N3S.C14H19N3/c18-14-16-8-1-2-10-17(14)12-7-3-5-11-6-4-9-15-13(11)12;15-9-2-1-3-10-16-13-8-4-6-12-7-5-11-17-14(12)13/h3-7,9H,1-2,8,10H2,(H,16,18);4-8,11,16H,1-3,9-10,15H2.